The predicted molar refractivity (Wildman–Crippen MR) is 164 cm³/mol. The van der Waals surface area contributed by atoms with E-state index in [9.17, 15) is 34.5 Å². The number of carbonyl (C=O) groups is 4. The molecule has 16 heteroatoms. The molecule has 16 nitrogen and oxygen atoms in total. The molecule has 8 rings (SSSR count). The highest BCUT2D eigenvalue weighted by Crippen LogP contribution is 2.81. The molecule has 3 aliphatic carbocycles. The molecule has 4 saturated heterocycles. The second kappa shape index (κ2) is 10.5. The van der Waals surface area contributed by atoms with E-state index in [0.29, 0.717) is 0 Å². The van der Waals surface area contributed by atoms with Crippen molar-refractivity contribution >= 4 is 23.9 Å². The first kappa shape index (κ1) is 34.9. The minimum Gasteiger partial charge on any atom is -0.469 e. The molecule has 4 bridgehead atoms. The number of aliphatic hydroxyl groups is 3. The third-order valence-electron chi connectivity index (χ3n) is 14.2. The molecule has 8 aliphatic rings. The fourth-order valence-electron chi connectivity index (χ4n) is 12.2. The van der Waals surface area contributed by atoms with Gasteiger partial charge in [-0.05, 0) is 33.3 Å². The van der Waals surface area contributed by atoms with Gasteiger partial charge in [0.2, 0.25) is 6.29 Å². The zero-order chi connectivity index (χ0) is 36.9. The molecule has 0 spiro atoms. The Bertz CT molecular complexity index is 1660. The molecule has 0 aromatic rings. The normalized spacial score (nSPS) is 53.9. The monoisotopic (exact) mass is 720 g/mol. The number of aliphatic hydroxyl groups excluding tert-OH is 1. The molecule has 0 amide bonds. The topological polar surface area (TPSA) is 212 Å². The minimum absolute atomic E-state index is 0.0251. The SMILES string of the molecule is C/C=C(\C)C(=O)O[C@H]1C[C@@H](OC(C)=O)[C@@]2(C(=O)OC)CO[C@@H]3[C@H]2[C@@]1(C)[C@H]1[C@@]2(C(=O)OC)OC[C@]1([C@@H]3O)[C@]1(O)[C@@H]3C[C@@H]([C@@]4(O)C=CO[C@H]4O3)[C@]1(C)O2. The lowest BCUT2D eigenvalue weighted by Gasteiger charge is -2.71. The van der Waals surface area contributed by atoms with E-state index in [-0.39, 0.29) is 25.0 Å². The summed E-state index contributed by atoms with van der Waals surface area (Å²) >= 11 is 0. The van der Waals surface area contributed by atoms with Crippen LogP contribution < -0.4 is 0 Å². The van der Waals surface area contributed by atoms with Crippen LogP contribution in [0.1, 0.15) is 47.5 Å². The van der Waals surface area contributed by atoms with Crippen LogP contribution in [-0.4, -0.2) is 126 Å². The molecule has 0 unspecified atom stereocenters. The van der Waals surface area contributed by atoms with Gasteiger partial charge in [0, 0.05) is 42.1 Å². The average Bonchev–Trinajstić information content (AvgIpc) is 3.83. The fraction of sp³-hybridized carbons (Fsp3) is 0.771. The molecule has 0 aromatic heterocycles. The van der Waals surface area contributed by atoms with Gasteiger partial charge >= 0.3 is 23.9 Å². The molecular weight excluding hydrogens is 676 g/mol. The van der Waals surface area contributed by atoms with Crippen LogP contribution in [0.5, 0.6) is 0 Å². The summed E-state index contributed by atoms with van der Waals surface area (Å²) in [5, 5.41) is 38.5. The summed E-state index contributed by atoms with van der Waals surface area (Å²) in [5.41, 5.74) is -11.0. The van der Waals surface area contributed by atoms with Crippen molar-refractivity contribution in [1.82, 2.24) is 0 Å². The maximum absolute atomic E-state index is 14.4. The van der Waals surface area contributed by atoms with Crippen molar-refractivity contribution in [3.8, 4) is 0 Å². The van der Waals surface area contributed by atoms with Gasteiger partial charge in [-0.15, -0.1) is 0 Å². The van der Waals surface area contributed by atoms with Gasteiger partial charge in [-0.1, -0.05) is 13.0 Å². The van der Waals surface area contributed by atoms with Gasteiger partial charge in [0.25, 0.3) is 5.79 Å². The van der Waals surface area contributed by atoms with E-state index < -0.39 is 124 Å². The van der Waals surface area contributed by atoms with Gasteiger partial charge < -0.3 is 58.0 Å². The van der Waals surface area contributed by atoms with Gasteiger partial charge in [-0.3, -0.25) is 9.59 Å². The van der Waals surface area contributed by atoms with Crippen molar-refractivity contribution in [1.29, 1.82) is 0 Å². The molecule has 16 atom stereocenters. The summed E-state index contributed by atoms with van der Waals surface area (Å²) < 4.78 is 54.5. The maximum atomic E-state index is 14.4. The molecule has 0 radical (unpaired) electrons. The van der Waals surface area contributed by atoms with Crippen LogP contribution in [-0.2, 0) is 61.8 Å². The summed E-state index contributed by atoms with van der Waals surface area (Å²) in [6, 6.07) is 0. The lowest BCUT2D eigenvalue weighted by atomic mass is 9.35. The molecule has 3 N–H and O–H groups in total. The van der Waals surface area contributed by atoms with Crippen LogP contribution in [0.4, 0.5) is 0 Å². The Morgan fingerprint density at radius 3 is 2.31 bits per heavy atom. The van der Waals surface area contributed by atoms with Gasteiger partial charge in [-0.2, -0.15) is 0 Å². The zero-order valence-corrected chi connectivity index (χ0v) is 29.4. The Hall–Kier alpha value is -3.12. The second-order valence-electron chi connectivity index (χ2n) is 15.8. The molecule has 0 aromatic carbocycles. The van der Waals surface area contributed by atoms with Gasteiger partial charge in [0.1, 0.15) is 28.8 Å². The minimum atomic E-state index is -2.41. The summed E-state index contributed by atoms with van der Waals surface area (Å²) in [6.07, 6.45) is -3.94. The summed E-state index contributed by atoms with van der Waals surface area (Å²) in [6.45, 7) is 6.71. The van der Waals surface area contributed by atoms with Crippen molar-refractivity contribution in [2.75, 3.05) is 27.4 Å². The second-order valence-corrected chi connectivity index (χ2v) is 15.8. The van der Waals surface area contributed by atoms with E-state index in [0.717, 1.165) is 7.11 Å². The standard InChI is InChI=1S/C35H44O16/c1-8-15(2)24(38)49-18-12-19(48-16(3)36)31(26(39)43-6)13-46-21-22(31)29(18,4)25-32(23(21)37)14-47-34(25,27(40)44-7)51-30(5)17-11-20(35(30,32)42)50-28-33(17,41)9-10-45-28/h8-10,17-23,25,28,37,41-42H,11-14H2,1-7H3/b15-8+/t17-,18+,19-,20+,21-,22+,23-,25-,28+,29+,30+,31+,32-,33+,34-,35+/m1/s1. The van der Waals surface area contributed by atoms with E-state index in [1.807, 2.05) is 0 Å². The molecular formula is C35H44O16. The summed E-state index contributed by atoms with van der Waals surface area (Å²) in [4.78, 5) is 54.8. The Kier molecular flexibility index (Phi) is 7.20. The van der Waals surface area contributed by atoms with Crippen LogP contribution in [0.3, 0.4) is 0 Å². The highest BCUT2D eigenvalue weighted by Gasteiger charge is 2.96. The van der Waals surface area contributed by atoms with Crippen molar-refractivity contribution in [3.63, 3.8) is 0 Å². The Balaban J connectivity index is 1.42. The zero-order valence-electron chi connectivity index (χ0n) is 29.4. The van der Waals surface area contributed by atoms with Crippen molar-refractivity contribution in [2.45, 2.75) is 107 Å². The van der Waals surface area contributed by atoms with Gasteiger partial charge in [0.15, 0.2) is 5.60 Å². The summed E-state index contributed by atoms with van der Waals surface area (Å²) in [5.74, 6) is -9.30. The number of methoxy groups -OCH3 is 2. The first-order valence-electron chi connectivity index (χ1n) is 17.2. The average molecular weight is 721 g/mol. The molecule has 5 aliphatic heterocycles. The van der Waals surface area contributed by atoms with E-state index >= 15 is 0 Å². The largest absolute Gasteiger partial charge is 0.469 e. The molecule has 280 valence electrons. The molecule has 7 fully saturated rings. The van der Waals surface area contributed by atoms with Gasteiger partial charge in [0.05, 0.1) is 57.4 Å². The highest BCUT2D eigenvalue weighted by atomic mass is 16.8. The maximum Gasteiger partial charge on any atom is 0.366 e. The number of hydrogen-bond acceptors (Lipinski definition) is 16. The molecule has 3 saturated carbocycles. The summed E-state index contributed by atoms with van der Waals surface area (Å²) in [7, 11) is 2.30. The number of fused-ring (bicyclic) bond motifs is 7. The number of allylic oxidation sites excluding steroid dienone is 1. The van der Waals surface area contributed by atoms with E-state index in [2.05, 4.69) is 0 Å². The Morgan fingerprint density at radius 1 is 0.961 bits per heavy atom. The van der Waals surface area contributed by atoms with Crippen LogP contribution in [0.15, 0.2) is 24.0 Å². The number of carbonyl (C=O) groups excluding carboxylic acids is 4. The van der Waals surface area contributed by atoms with Crippen LogP contribution in [0.2, 0.25) is 0 Å². The van der Waals surface area contributed by atoms with E-state index in [1.54, 1.807) is 26.8 Å². The van der Waals surface area contributed by atoms with E-state index in [4.69, 9.17) is 42.6 Å². The fourth-order valence-corrected chi connectivity index (χ4v) is 12.2. The number of esters is 4. The quantitative estimate of drug-likeness (QED) is 0.191. The van der Waals surface area contributed by atoms with Crippen molar-refractivity contribution in [2.24, 2.45) is 34.0 Å². The Morgan fingerprint density at radius 2 is 1.67 bits per heavy atom. The lowest BCUT2D eigenvalue weighted by Crippen LogP contribution is -2.86. The van der Waals surface area contributed by atoms with E-state index in [1.165, 1.54) is 33.3 Å². The highest BCUT2D eigenvalue weighted by molar-refractivity contribution is 5.88. The predicted octanol–water partition coefficient (Wildman–Crippen LogP) is -0.203. The number of rotatable bonds is 5. The number of hydrogen-bond donors (Lipinski definition) is 3. The van der Waals surface area contributed by atoms with Crippen molar-refractivity contribution < 1.29 is 77.1 Å². The lowest BCUT2D eigenvalue weighted by molar-refractivity contribution is -0.410. The smallest absolute Gasteiger partial charge is 0.366 e. The molecule has 5 heterocycles. The first-order valence-corrected chi connectivity index (χ1v) is 17.2. The molecule has 51 heavy (non-hydrogen) atoms. The third-order valence-corrected chi connectivity index (χ3v) is 14.2. The van der Waals surface area contributed by atoms with Crippen LogP contribution >= 0.6 is 0 Å². The van der Waals surface area contributed by atoms with Crippen LogP contribution in [0, 0.1) is 34.0 Å². The van der Waals surface area contributed by atoms with Crippen LogP contribution in [0.25, 0.3) is 0 Å². The Labute approximate surface area is 293 Å². The first-order chi connectivity index (χ1) is 23.9. The van der Waals surface area contributed by atoms with Gasteiger partial charge in [-0.25, -0.2) is 9.59 Å². The number of ether oxygens (including phenoxy) is 9. The third kappa shape index (κ3) is 3.56. The van der Waals surface area contributed by atoms with Crippen molar-refractivity contribution in [3.05, 3.63) is 24.0 Å².